The molecule has 2 aromatic rings. The minimum absolute atomic E-state index is 0.0266. The van der Waals surface area contributed by atoms with Crippen LogP contribution in [-0.2, 0) is 27.8 Å². The van der Waals surface area contributed by atoms with E-state index in [1.165, 1.54) is 18.2 Å². The molecular weight excluding hydrogens is 422 g/mol. The fraction of sp³-hybridized carbons (Fsp3) is 0.500. The summed E-state index contributed by atoms with van der Waals surface area (Å²) in [4.78, 5) is 22.1. The molecule has 0 aliphatic carbocycles. The van der Waals surface area contributed by atoms with Gasteiger partial charge in [0.15, 0.2) is 0 Å². The zero-order valence-corrected chi connectivity index (χ0v) is 19.0. The van der Waals surface area contributed by atoms with Crippen LogP contribution < -0.4 is 10.0 Å². The largest absolute Gasteiger partial charge is 0.355 e. The number of carbonyl (C=O) groups is 1. The molecule has 0 saturated carbocycles. The Balaban J connectivity index is 1.82. The lowest BCUT2D eigenvalue weighted by molar-refractivity contribution is -0.385. The van der Waals surface area contributed by atoms with Gasteiger partial charge in [0.1, 0.15) is 0 Å². The Bertz CT molecular complexity index is 1050. The molecule has 0 radical (unpaired) electrons. The Hall–Kier alpha value is -2.79. The number of nitrogens with zero attached hydrogens (tertiary/aromatic N) is 3. The highest BCUT2D eigenvalue weighted by molar-refractivity contribution is 7.89. The van der Waals surface area contributed by atoms with Gasteiger partial charge in [0.2, 0.25) is 15.9 Å². The van der Waals surface area contributed by atoms with Gasteiger partial charge in [0.05, 0.1) is 15.5 Å². The first-order chi connectivity index (χ1) is 14.5. The molecule has 0 bridgehead atoms. The molecule has 2 rings (SSSR count). The second-order valence-electron chi connectivity index (χ2n) is 7.73. The van der Waals surface area contributed by atoms with Gasteiger partial charge in [-0.25, -0.2) is 13.1 Å². The van der Waals surface area contributed by atoms with E-state index in [2.05, 4.69) is 29.0 Å². The molecule has 11 heteroatoms. The van der Waals surface area contributed by atoms with Crippen LogP contribution in [0.1, 0.15) is 37.2 Å². The van der Waals surface area contributed by atoms with E-state index in [-0.39, 0.29) is 36.0 Å². The fourth-order valence-corrected chi connectivity index (χ4v) is 4.25. The molecule has 10 nitrogen and oxygen atoms in total. The van der Waals surface area contributed by atoms with Gasteiger partial charge in [-0.15, -0.1) is 0 Å². The number of carbonyl (C=O) groups excluding carboxylic acids is 1. The van der Waals surface area contributed by atoms with E-state index in [0.29, 0.717) is 12.3 Å². The number of rotatable bonds is 11. The third kappa shape index (κ3) is 6.86. The lowest BCUT2D eigenvalue weighted by atomic mass is 10.1. The first kappa shape index (κ1) is 24.5. The highest BCUT2D eigenvalue weighted by atomic mass is 32.2. The van der Waals surface area contributed by atoms with Crippen LogP contribution in [0, 0.1) is 29.9 Å². The minimum Gasteiger partial charge on any atom is -0.355 e. The number of amides is 1. The molecule has 1 aromatic carbocycles. The van der Waals surface area contributed by atoms with E-state index >= 15 is 0 Å². The fourth-order valence-electron chi connectivity index (χ4n) is 3.18. The van der Waals surface area contributed by atoms with Crippen molar-refractivity contribution in [3.63, 3.8) is 0 Å². The average Bonchev–Trinajstić information content (AvgIpc) is 2.96. The van der Waals surface area contributed by atoms with Gasteiger partial charge in [0, 0.05) is 43.9 Å². The van der Waals surface area contributed by atoms with E-state index in [9.17, 15) is 23.3 Å². The smallest absolute Gasteiger partial charge is 0.270 e. The van der Waals surface area contributed by atoms with Crippen molar-refractivity contribution >= 4 is 21.6 Å². The number of hydrogen-bond acceptors (Lipinski definition) is 6. The number of hydrogen-bond donors (Lipinski definition) is 2. The van der Waals surface area contributed by atoms with Gasteiger partial charge in [-0.05, 0) is 37.8 Å². The van der Waals surface area contributed by atoms with E-state index < -0.39 is 14.9 Å². The summed E-state index contributed by atoms with van der Waals surface area (Å²) in [5, 5.41) is 18.0. The van der Waals surface area contributed by atoms with E-state index in [1.807, 2.05) is 18.5 Å². The van der Waals surface area contributed by atoms with Gasteiger partial charge in [0.25, 0.3) is 5.69 Å². The van der Waals surface area contributed by atoms with Crippen molar-refractivity contribution in [3.05, 3.63) is 51.3 Å². The zero-order chi connectivity index (χ0) is 23.2. The predicted molar refractivity (Wildman–Crippen MR) is 116 cm³/mol. The third-order valence-corrected chi connectivity index (χ3v) is 6.21. The quantitative estimate of drug-likeness (QED) is 0.305. The Morgan fingerprint density at radius 2 is 1.97 bits per heavy atom. The second kappa shape index (κ2) is 10.5. The van der Waals surface area contributed by atoms with Gasteiger partial charge < -0.3 is 5.32 Å². The molecule has 170 valence electrons. The van der Waals surface area contributed by atoms with Crippen molar-refractivity contribution in [1.82, 2.24) is 19.8 Å². The number of nitro groups is 1. The van der Waals surface area contributed by atoms with E-state index in [0.717, 1.165) is 29.6 Å². The molecule has 1 amide bonds. The van der Waals surface area contributed by atoms with E-state index in [1.54, 1.807) is 0 Å². The highest BCUT2D eigenvalue weighted by Crippen LogP contribution is 2.17. The summed E-state index contributed by atoms with van der Waals surface area (Å²) in [5.74, 6) is 0.282. The van der Waals surface area contributed by atoms with Gasteiger partial charge in [-0.3, -0.25) is 19.6 Å². The number of sulfonamides is 1. The number of aryl methyl sites for hydroxylation is 1. The van der Waals surface area contributed by atoms with Gasteiger partial charge >= 0.3 is 0 Å². The van der Waals surface area contributed by atoms with Crippen LogP contribution in [-0.4, -0.2) is 42.1 Å². The first-order valence-corrected chi connectivity index (χ1v) is 11.5. The molecule has 31 heavy (non-hydrogen) atoms. The molecule has 2 N–H and O–H groups in total. The molecule has 0 atom stereocenters. The summed E-state index contributed by atoms with van der Waals surface area (Å²) in [7, 11) is -3.90. The summed E-state index contributed by atoms with van der Waals surface area (Å²) in [6, 6.07) is 4.79. The lowest BCUT2D eigenvalue weighted by Crippen LogP contribution is -2.34. The van der Waals surface area contributed by atoms with Crippen molar-refractivity contribution in [2.75, 3.05) is 13.1 Å². The summed E-state index contributed by atoms with van der Waals surface area (Å²) < 4.78 is 28.8. The number of nitro benzene ring substituents is 1. The van der Waals surface area contributed by atoms with Crippen LogP contribution in [0.5, 0.6) is 0 Å². The molecule has 1 heterocycles. The van der Waals surface area contributed by atoms with Crippen LogP contribution in [0.4, 0.5) is 5.69 Å². The van der Waals surface area contributed by atoms with Crippen LogP contribution in [0.2, 0.25) is 0 Å². The SMILES string of the molecule is Cc1nn(CC(C)C)c(C)c1CCC(=O)NCCNS(=O)(=O)c1cccc([N+](=O)[O-])c1. The Morgan fingerprint density at radius 3 is 2.61 bits per heavy atom. The molecule has 0 aliphatic heterocycles. The van der Waals surface area contributed by atoms with Gasteiger partial charge in [-0.2, -0.15) is 5.10 Å². The standard InChI is InChI=1S/C20H29N5O5S/c1-14(2)13-24-16(4)19(15(3)23-24)8-9-20(26)21-10-11-22-31(29,30)18-7-5-6-17(12-18)25(27)28/h5-7,12,14,22H,8-11,13H2,1-4H3,(H,21,26). The number of benzene rings is 1. The molecule has 0 fully saturated rings. The Kier molecular flexibility index (Phi) is 8.28. The monoisotopic (exact) mass is 451 g/mol. The molecular formula is C20H29N5O5S. The van der Waals surface area contributed by atoms with Crippen LogP contribution in [0.15, 0.2) is 29.2 Å². The first-order valence-electron chi connectivity index (χ1n) is 10.0. The molecule has 1 aromatic heterocycles. The second-order valence-corrected chi connectivity index (χ2v) is 9.49. The maximum absolute atomic E-state index is 12.3. The maximum atomic E-state index is 12.3. The van der Waals surface area contributed by atoms with Gasteiger partial charge in [-0.1, -0.05) is 19.9 Å². The number of nitrogens with one attached hydrogen (secondary N) is 2. The van der Waals surface area contributed by atoms with Crippen molar-refractivity contribution < 1.29 is 18.1 Å². The average molecular weight is 452 g/mol. The highest BCUT2D eigenvalue weighted by Gasteiger charge is 2.17. The summed E-state index contributed by atoms with van der Waals surface area (Å²) in [5.41, 5.74) is 2.72. The molecule has 0 aliphatic rings. The van der Waals surface area contributed by atoms with Crippen LogP contribution >= 0.6 is 0 Å². The third-order valence-electron chi connectivity index (χ3n) is 4.75. The summed E-state index contributed by atoms with van der Waals surface area (Å²) in [6.45, 7) is 9.08. The van der Waals surface area contributed by atoms with Crippen LogP contribution in [0.3, 0.4) is 0 Å². The van der Waals surface area contributed by atoms with Crippen molar-refractivity contribution in [2.45, 2.75) is 52.0 Å². The lowest BCUT2D eigenvalue weighted by Gasteiger charge is -2.09. The van der Waals surface area contributed by atoms with Crippen molar-refractivity contribution in [2.24, 2.45) is 5.92 Å². The van der Waals surface area contributed by atoms with Crippen molar-refractivity contribution in [3.8, 4) is 0 Å². The molecule has 0 unspecified atom stereocenters. The predicted octanol–water partition coefficient (Wildman–Crippen LogP) is 2.09. The zero-order valence-electron chi connectivity index (χ0n) is 18.2. The Labute approximate surface area is 182 Å². The topological polar surface area (TPSA) is 136 Å². The molecule has 0 spiro atoms. The normalized spacial score (nSPS) is 11.6. The number of aromatic nitrogens is 2. The summed E-state index contributed by atoms with van der Waals surface area (Å²) in [6.07, 6.45) is 0.827. The number of non-ortho nitro benzene ring substituents is 1. The summed E-state index contributed by atoms with van der Waals surface area (Å²) >= 11 is 0. The van der Waals surface area contributed by atoms with Crippen LogP contribution in [0.25, 0.3) is 0 Å². The van der Waals surface area contributed by atoms with Crippen molar-refractivity contribution in [1.29, 1.82) is 0 Å². The Morgan fingerprint density at radius 1 is 1.26 bits per heavy atom. The minimum atomic E-state index is -3.90. The molecule has 0 saturated heterocycles. The maximum Gasteiger partial charge on any atom is 0.270 e. The van der Waals surface area contributed by atoms with E-state index in [4.69, 9.17) is 0 Å².